The predicted octanol–water partition coefficient (Wildman–Crippen LogP) is -0.984. The van der Waals surface area contributed by atoms with Crippen molar-refractivity contribution in [2.45, 2.75) is 12.5 Å². The van der Waals surface area contributed by atoms with Crippen LogP contribution in [0, 0.1) is 23.7 Å². The molecular formula is C17H19N3O5. The first-order chi connectivity index (χ1) is 12.0. The lowest BCUT2D eigenvalue weighted by molar-refractivity contribution is -0.137. The second-order valence-corrected chi connectivity index (χ2v) is 5.63. The second-order valence-electron chi connectivity index (χ2n) is 5.63. The van der Waals surface area contributed by atoms with Gasteiger partial charge in [0.2, 0.25) is 0 Å². The van der Waals surface area contributed by atoms with Crippen LogP contribution in [0.4, 0.5) is 0 Å². The topological polar surface area (TPSA) is 128 Å². The molecule has 2 rings (SSSR count). The minimum Gasteiger partial charge on any atom is -0.396 e. The Morgan fingerprint density at radius 3 is 2.44 bits per heavy atom. The summed E-state index contributed by atoms with van der Waals surface area (Å²) in [5, 5.41) is 22.1. The maximum Gasteiger partial charge on any atom is 0.275 e. The molecule has 25 heavy (non-hydrogen) atoms. The zero-order valence-corrected chi connectivity index (χ0v) is 13.6. The van der Waals surface area contributed by atoms with Gasteiger partial charge in [-0.25, -0.2) is 5.48 Å². The summed E-state index contributed by atoms with van der Waals surface area (Å²) in [6.07, 6.45) is 0.901. The standard InChI is InChI=1S/C17H19N3O5/c1-18-16(23)14(17(24)20-25)19-15(22)11-5-2-10(3-6-11)4-7-12-8-13(12)9-21/h2-3,5-6,12-14,21,25H,8-9H2,1H3,(H,18,23)(H,19,22)(H,20,24). The van der Waals surface area contributed by atoms with E-state index in [1.54, 1.807) is 12.1 Å². The second kappa shape index (κ2) is 8.28. The van der Waals surface area contributed by atoms with E-state index in [-0.39, 0.29) is 24.0 Å². The van der Waals surface area contributed by atoms with Gasteiger partial charge in [-0.2, -0.15) is 0 Å². The number of rotatable bonds is 5. The highest BCUT2D eigenvalue weighted by Gasteiger charge is 2.34. The lowest BCUT2D eigenvalue weighted by Gasteiger charge is -2.15. The Kier molecular flexibility index (Phi) is 6.11. The zero-order valence-electron chi connectivity index (χ0n) is 13.6. The molecule has 0 radical (unpaired) electrons. The van der Waals surface area contributed by atoms with Gasteiger partial charge >= 0.3 is 0 Å². The van der Waals surface area contributed by atoms with Crippen LogP contribution in [-0.4, -0.2) is 47.7 Å². The van der Waals surface area contributed by atoms with E-state index in [1.807, 2.05) is 0 Å². The molecule has 5 N–H and O–H groups in total. The van der Waals surface area contributed by atoms with E-state index in [4.69, 9.17) is 10.3 Å². The summed E-state index contributed by atoms with van der Waals surface area (Å²) >= 11 is 0. The van der Waals surface area contributed by atoms with Crippen molar-refractivity contribution < 1.29 is 24.7 Å². The van der Waals surface area contributed by atoms with Crippen LogP contribution in [0.5, 0.6) is 0 Å². The van der Waals surface area contributed by atoms with Crippen LogP contribution in [0.1, 0.15) is 22.3 Å². The fourth-order valence-electron chi connectivity index (χ4n) is 2.18. The number of hydrogen-bond acceptors (Lipinski definition) is 5. The molecular weight excluding hydrogens is 326 g/mol. The number of benzene rings is 1. The average molecular weight is 345 g/mol. The van der Waals surface area contributed by atoms with E-state index in [9.17, 15) is 14.4 Å². The lowest BCUT2D eigenvalue weighted by Crippen LogP contribution is -2.54. The molecule has 1 fully saturated rings. The molecule has 3 unspecified atom stereocenters. The predicted molar refractivity (Wildman–Crippen MR) is 87.3 cm³/mol. The smallest absolute Gasteiger partial charge is 0.275 e. The molecule has 132 valence electrons. The first kappa shape index (κ1) is 18.4. The Hall–Kier alpha value is -2.89. The number of amides is 3. The maximum atomic E-state index is 12.1. The molecule has 3 atom stereocenters. The Morgan fingerprint density at radius 2 is 1.92 bits per heavy atom. The molecule has 3 amide bonds. The number of hydroxylamine groups is 1. The van der Waals surface area contributed by atoms with Crippen molar-refractivity contribution in [1.82, 2.24) is 16.1 Å². The zero-order chi connectivity index (χ0) is 18.4. The van der Waals surface area contributed by atoms with Crippen molar-refractivity contribution >= 4 is 17.7 Å². The van der Waals surface area contributed by atoms with Gasteiger partial charge in [0, 0.05) is 30.7 Å². The van der Waals surface area contributed by atoms with Crippen molar-refractivity contribution in [3.63, 3.8) is 0 Å². The number of carbonyl (C=O) groups is 3. The third-order valence-corrected chi connectivity index (χ3v) is 3.86. The fourth-order valence-corrected chi connectivity index (χ4v) is 2.18. The molecule has 0 aromatic heterocycles. The molecule has 0 saturated heterocycles. The molecule has 1 aromatic carbocycles. The first-order valence-electron chi connectivity index (χ1n) is 7.69. The molecule has 1 aliphatic carbocycles. The summed E-state index contributed by atoms with van der Waals surface area (Å²) < 4.78 is 0. The summed E-state index contributed by atoms with van der Waals surface area (Å²) in [6, 6.07) is 4.80. The van der Waals surface area contributed by atoms with Crippen molar-refractivity contribution in [2.75, 3.05) is 13.7 Å². The largest absolute Gasteiger partial charge is 0.396 e. The minimum atomic E-state index is -1.55. The summed E-state index contributed by atoms with van der Waals surface area (Å²) in [5.74, 6) is 4.07. The van der Waals surface area contributed by atoms with E-state index in [1.165, 1.54) is 24.7 Å². The molecule has 8 heteroatoms. The van der Waals surface area contributed by atoms with Crippen LogP contribution < -0.4 is 16.1 Å². The number of carbonyl (C=O) groups excluding carboxylic acids is 3. The number of likely N-dealkylation sites (N-methyl/N-ethyl adjacent to an activating group) is 1. The van der Waals surface area contributed by atoms with Crippen molar-refractivity contribution in [3.8, 4) is 11.8 Å². The van der Waals surface area contributed by atoms with Crippen LogP contribution in [0.15, 0.2) is 24.3 Å². The Morgan fingerprint density at radius 1 is 1.24 bits per heavy atom. The Labute approximate surface area is 144 Å². The van der Waals surface area contributed by atoms with Gasteiger partial charge in [0.25, 0.3) is 17.7 Å². The molecule has 8 nitrogen and oxygen atoms in total. The van der Waals surface area contributed by atoms with Crippen molar-refractivity contribution in [3.05, 3.63) is 35.4 Å². The van der Waals surface area contributed by atoms with Crippen LogP contribution in [0.25, 0.3) is 0 Å². The van der Waals surface area contributed by atoms with Crippen LogP contribution in [0.3, 0.4) is 0 Å². The highest BCUT2D eigenvalue weighted by Crippen LogP contribution is 2.36. The van der Waals surface area contributed by atoms with E-state index in [2.05, 4.69) is 22.5 Å². The molecule has 0 spiro atoms. The quantitative estimate of drug-likeness (QED) is 0.203. The molecule has 0 bridgehead atoms. The lowest BCUT2D eigenvalue weighted by atomic mass is 10.1. The van der Waals surface area contributed by atoms with Crippen LogP contribution in [-0.2, 0) is 9.59 Å². The number of nitrogens with one attached hydrogen (secondary N) is 3. The SMILES string of the molecule is CNC(=O)C(NC(=O)c1ccc(C#CC2CC2CO)cc1)C(=O)NO. The maximum absolute atomic E-state index is 12.1. The third kappa shape index (κ3) is 4.79. The number of aliphatic hydroxyl groups excluding tert-OH is 1. The summed E-state index contributed by atoms with van der Waals surface area (Å²) in [5.41, 5.74) is 2.30. The highest BCUT2D eigenvalue weighted by molar-refractivity contribution is 6.08. The van der Waals surface area contributed by atoms with Gasteiger partial charge in [-0.15, -0.1) is 0 Å². The van der Waals surface area contributed by atoms with Crippen molar-refractivity contribution in [1.29, 1.82) is 0 Å². The van der Waals surface area contributed by atoms with Gasteiger partial charge in [0.1, 0.15) is 0 Å². The van der Waals surface area contributed by atoms with E-state index >= 15 is 0 Å². The summed E-state index contributed by atoms with van der Waals surface area (Å²) in [4.78, 5) is 35.2. The molecule has 0 aliphatic heterocycles. The van der Waals surface area contributed by atoms with E-state index < -0.39 is 23.8 Å². The summed E-state index contributed by atoms with van der Waals surface area (Å²) in [7, 11) is 1.31. The van der Waals surface area contributed by atoms with Gasteiger partial charge < -0.3 is 15.7 Å². The van der Waals surface area contributed by atoms with E-state index in [0.29, 0.717) is 0 Å². The number of hydrogen-bond donors (Lipinski definition) is 5. The molecule has 1 aliphatic rings. The van der Waals surface area contributed by atoms with Crippen LogP contribution >= 0.6 is 0 Å². The van der Waals surface area contributed by atoms with Crippen molar-refractivity contribution in [2.24, 2.45) is 11.8 Å². The minimum absolute atomic E-state index is 0.145. The summed E-state index contributed by atoms with van der Waals surface area (Å²) in [6.45, 7) is 0.145. The Bertz CT molecular complexity index is 704. The third-order valence-electron chi connectivity index (χ3n) is 3.86. The number of aliphatic hydroxyl groups is 1. The molecule has 1 saturated carbocycles. The average Bonchev–Trinajstić information content (AvgIpc) is 3.42. The van der Waals surface area contributed by atoms with Crippen LogP contribution in [0.2, 0.25) is 0 Å². The van der Waals surface area contributed by atoms with Gasteiger partial charge in [-0.05, 0) is 36.6 Å². The first-order valence-corrected chi connectivity index (χ1v) is 7.69. The Balaban J connectivity index is 2.01. The van der Waals surface area contributed by atoms with Gasteiger partial charge in [-0.1, -0.05) is 11.8 Å². The normalized spacial score (nSPS) is 19.0. The van der Waals surface area contributed by atoms with Gasteiger partial charge in [-0.3, -0.25) is 19.6 Å². The highest BCUT2D eigenvalue weighted by atomic mass is 16.5. The fraction of sp³-hybridized carbons (Fsp3) is 0.353. The van der Waals surface area contributed by atoms with Gasteiger partial charge in [0.15, 0.2) is 6.04 Å². The van der Waals surface area contributed by atoms with E-state index in [0.717, 1.165) is 12.0 Å². The van der Waals surface area contributed by atoms with Gasteiger partial charge in [0.05, 0.1) is 0 Å². The monoisotopic (exact) mass is 345 g/mol. The molecule has 1 aromatic rings. The molecule has 0 heterocycles.